The highest BCUT2D eigenvalue weighted by Crippen LogP contribution is 2.30. The number of aliphatic imine (C=N–C) groups is 1. The summed E-state index contributed by atoms with van der Waals surface area (Å²) in [6, 6.07) is 39.8. The quantitative estimate of drug-likeness (QED) is 0.280. The van der Waals surface area contributed by atoms with Crippen LogP contribution in [0.3, 0.4) is 0 Å². The van der Waals surface area contributed by atoms with Crippen molar-refractivity contribution in [3.8, 4) is 0 Å². The number of halogens is 1. The fourth-order valence-corrected chi connectivity index (χ4v) is 4.02. The Hall–Kier alpha value is -2.97. The van der Waals surface area contributed by atoms with Crippen LogP contribution in [0.2, 0.25) is 0 Å². The van der Waals surface area contributed by atoms with Crippen molar-refractivity contribution in [2.75, 3.05) is 0 Å². The third-order valence-electron chi connectivity index (χ3n) is 4.92. The first-order valence-corrected chi connectivity index (χ1v) is 10.6. The Morgan fingerprint density at radius 3 is 1.66 bits per heavy atom. The van der Waals surface area contributed by atoms with Gasteiger partial charge in [-0.25, -0.2) is 0 Å². The van der Waals surface area contributed by atoms with Gasteiger partial charge in [-0.1, -0.05) is 125 Å². The standard InChI is InChI=1S/C27H22BrN/c28-25-19-11-10-18-24(25)26(20-21-12-4-1-5-13-21)29-27(22-14-6-2-7-15-22)23-16-8-3-9-17-23/h1-19,26H,20H2. The minimum Gasteiger partial charge on any atom is -0.276 e. The highest BCUT2D eigenvalue weighted by molar-refractivity contribution is 9.10. The van der Waals surface area contributed by atoms with Gasteiger partial charge in [-0.3, -0.25) is 4.99 Å². The minimum atomic E-state index is 0.00314. The molecule has 29 heavy (non-hydrogen) atoms. The van der Waals surface area contributed by atoms with E-state index in [2.05, 4.69) is 113 Å². The normalized spacial score (nSPS) is 11.6. The van der Waals surface area contributed by atoms with Crippen molar-refractivity contribution >= 4 is 21.6 Å². The van der Waals surface area contributed by atoms with Crippen LogP contribution < -0.4 is 0 Å². The maximum Gasteiger partial charge on any atom is 0.0807 e. The average Bonchev–Trinajstić information content (AvgIpc) is 2.79. The van der Waals surface area contributed by atoms with Crippen molar-refractivity contribution in [3.05, 3.63) is 142 Å². The summed E-state index contributed by atoms with van der Waals surface area (Å²) in [6.07, 6.45) is 0.840. The van der Waals surface area contributed by atoms with E-state index in [1.54, 1.807) is 0 Å². The summed E-state index contributed by atoms with van der Waals surface area (Å²) in [6.45, 7) is 0. The van der Waals surface area contributed by atoms with E-state index in [4.69, 9.17) is 4.99 Å². The van der Waals surface area contributed by atoms with Gasteiger partial charge in [0, 0.05) is 15.6 Å². The van der Waals surface area contributed by atoms with Crippen LogP contribution in [0.25, 0.3) is 0 Å². The summed E-state index contributed by atoms with van der Waals surface area (Å²) < 4.78 is 1.09. The largest absolute Gasteiger partial charge is 0.276 e. The molecular formula is C27H22BrN. The lowest BCUT2D eigenvalue weighted by Crippen LogP contribution is -2.09. The van der Waals surface area contributed by atoms with Crippen LogP contribution in [0.1, 0.15) is 28.3 Å². The number of rotatable bonds is 6. The average molecular weight is 440 g/mol. The first-order valence-electron chi connectivity index (χ1n) is 9.78. The molecule has 1 atom stereocenters. The van der Waals surface area contributed by atoms with E-state index < -0.39 is 0 Å². The monoisotopic (exact) mass is 439 g/mol. The molecule has 0 fully saturated rings. The second kappa shape index (κ2) is 9.49. The SMILES string of the molecule is Brc1ccccc1C(Cc1ccccc1)N=C(c1ccccc1)c1ccccc1. The molecule has 0 saturated carbocycles. The van der Waals surface area contributed by atoms with Gasteiger partial charge < -0.3 is 0 Å². The molecule has 0 N–H and O–H groups in total. The Labute approximate surface area is 180 Å². The molecule has 2 heteroatoms. The summed E-state index contributed by atoms with van der Waals surface area (Å²) in [5.41, 5.74) is 5.74. The van der Waals surface area contributed by atoms with E-state index in [1.807, 2.05) is 18.2 Å². The fourth-order valence-electron chi connectivity index (χ4n) is 3.47. The van der Waals surface area contributed by atoms with E-state index in [-0.39, 0.29) is 6.04 Å². The lowest BCUT2D eigenvalue weighted by atomic mass is 9.97. The third-order valence-corrected chi connectivity index (χ3v) is 5.64. The molecule has 0 spiro atoms. The minimum absolute atomic E-state index is 0.00314. The van der Waals surface area contributed by atoms with Gasteiger partial charge in [-0.15, -0.1) is 0 Å². The highest BCUT2D eigenvalue weighted by Gasteiger charge is 2.17. The molecule has 0 aliphatic rings. The van der Waals surface area contributed by atoms with Gasteiger partial charge in [0.1, 0.15) is 0 Å². The summed E-state index contributed by atoms with van der Waals surface area (Å²) in [4.78, 5) is 5.33. The van der Waals surface area contributed by atoms with Crippen molar-refractivity contribution in [1.82, 2.24) is 0 Å². The summed E-state index contributed by atoms with van der Waals surface area (Å²) in [5.74, 6) is 0. The lowest BCUT2D eigenvalue weighted by Gasteiger charge is -2.18. The van der Waals surface area contributed by atoms with E-state index in [0.717, 1.165) is 27.7 Å². The second-order valence-corrected chi connectivity index (χ2v) is 7.79. The van der Waals surface area contributed by atoms with Gasteiger partial charge in [0.2, 0.25) is 0 Å². The molecule has 0 heterocycles. The lowest BCUT2D eigenvalue weighted by molar-refractivity contribution is 0.721. The summed E-state index contributed by atoms with van der Waals surface area (Å²) in [5, 5.41) is 0. The molecule has 0 radical (unpaired) electrons. The summed E-state index contributed by atoms with van der Waals surface area (Å²) in [7, 11) is 0. The molecule has 4 aromatic rings. The number of hydrogen-bond acceptors (Lipinski definition) is 1. The van der Waals surface area contributed by atoms with Crippen LogP contribution in [-0.4, -0.2) is 5.71 Å². The predicted octanol–water partition coefficient (Wildman–Crippen LogP) is 7.27. The van der Waals surface area contributed by atoms with E-state index >= 15 is 0 Å². The first-order chi connectivity index (χ1) is 14.3. The van der Waals surface area contributed by atoms with E-state index in [1.165, 1.54) is 11.1 Å². The molecule has 0 aromatic heterocycles. The Balaban J connectivity index is 1.85. The molecule has 0 aliphatic heterocycles. The smallest absolute Gasteiger partial charge is 0.0807 e. The molecule has 0 saturated heterocycles. The van der Waals surface area contributed by atoms with Gasteiger partial charge in [0.15, 0.2) is 0 Å². The maximum absolute atomic E-state index is 5.33. The molecule has 1 nitrogen and oxygen atoms in total. The van der Waals surface area contributed by atoms with Crippen LogP contribution in [0.4, 0.5) is 0 Å². The van der Waals surface area contributed by atoms with Crippen LogP contribution in [0.5, 0.6) is 0 Å². The highest BCUT2D eigenvalue weighted by atomic mass is 79.9. The van der Waals surface area contributed by atoms with Crippen molar-refractivity contribution in [2.24, 2.45) is 4.99 Å². The van der Waals surface area contributed by atoms with Crippen LogP contribution in [0.15, 0.2) is 125 Å². The van der Waals surface area contributed by atoms with Gasteiger partial charge in [0.25, 0.3) is 0 Å². The van der Waals surface area contributed by atoms with Crippen molar-refractivity contribution in [2.45, 2.75) is 12.5 Å². The maximum atomic E-state index is 5.33. The number of hydrogen-bond donors (Lipinski definition) is 0. The first kappa shape index (κ1) is 19.4. The second-order valence-electron chi connectivity index (χ2n) is 6.94. The number of benzene rings is 4. The van der Waals surface area contributed by atoms with Gasteiger partial charge >= 0.3 is 0 Å². The molecular weight excluding hydrogens is 418 g/mol. The molecule has 4 rings (SSSR count). The topological polar surface area (TPSA) is 12.4 Å². The zero-order chi connectivity index (χ0) is 19.9. The fraction of sp³-hybridized carbons (Fsp3) is 0.0741. The predicted molar refractivity (Wildman–Crippen MR) is 126 cm³/mol. The van der Waals surface area contributed by atoms with Crippen molar-refractivity contribution in [3.63, 3.8) is 0 Å². The van der Waals surface area contributed by atoms with Crippen molar-refractivity contribution < 1.29 is 0 Å². The Morgan fingerprint density at radius 1 is 0.621 bits per heavy atom. The molecule has 0 amide bonds. The van der Waals surface area contributed by atoms with Gasteiger partial charge in [-0.05, 0) is 23.6 Å². The zero-order valence-electron chi connectivity index (χ0n) is 16.1. The Morgan fingerprint density at radius 2 is 1.10 bits per heavy atom. The molecule has 0 bridgehead atoms. The number of nitrogens with zero attached hydrogens (tertiary/aromatic N) is 1. The molecule has 0 aliphatic carbocycles. The van der Waals surface area contributed by atoms with E-state index in [0.29, 0.717) is 0 Å². The third kappa shape index (κ3) is 4.90. The summed E-state index contributed by atoms with van der Waals surface area (Å²) >= 11 is 3.74. The Bertz CT molecular complexity index is 1030. The zero-order valence-corrected chi connectivity index (χ0v) is 17.7. The molecule has 4 aromatic carbocycles. The van der Waals surface area contributed by atoms with Gasteiger partial charge in [0.05, 0.1) is 11.8 Å². The van der Waals surface area contributed by atoms with Crippen LogP contribution in [0, 0.1) is 0 Å². The molecule has 142 valence electrons. The van der Waals surface area contributed by atoms with Crippen molar-refractivity contribution in [1.29, 1.82) is 0 Å². The van der Waals surface area contributed by atoms with Crippen LogP contribution in [-0.2, 0) is 6.42 Å². The van der Waals surface area contributed by atoms with E-state index in [9.17, 15) is 0 Å². The Kier molecular flexibility index (Phi) is 6.33. The molecule has 1 unspecified atom stereocenters. The van der Waals surface area contributed by atoms with Gasteiger partial charge in [-0.2, -0.15) is 0 Å². The van der Waals surface area contributed by atoms with Crippen LogP contribution >= 0.6 is 15.9 Å².